The van der Waals surface area contributed by atoms with Gasteiger partial charge in [-0.25, -0.2) is 4.98 Å². The number of aromatic nitrogens is 2. The summed E-state index contributed by atoms with van der Waals surface area (Å²) >= 11 is 0. The van der Waals surface area contributed by atoms with Crippen LogP contribution in [0.15, 0.2) is 23.0 Å². The Kier molecular flexibility index (Phi) is 2.08. The predicted molar refractivity (Wildman–Crippen MR) is 56.5 cm³/mol. The Bertz CT molecular complexity index is 528. The molecule has 1 aromatic carbocycles. The van der Waals surface area contributed by atoms with Crippen LogP contribution in [-0.4, -0.2) is 9.97 Å². The molecule has 1 N–H and O–H groups in total. The molecule has 0 aliphatic carbocycles. The van der Waals surface area contributed by atoms with Crippen molar-refractivity contribution in [1.82, 2.24) is 9.97 Å². The standard InChI is InChI=1S/C11H12N2O/c1-3-8-4-5-9-10(6-8)12-7(2)11(14)13-9/h4-6H,3H2,1-2H3,(H,13,14). The van der Waals surface area contributed by atoms with Crippen molar-refractivity contribution in [3.05, 3.63) is 39.8 Å². The summed E-state index contributed by atoms with van der Waals surface area (Å²) in [5.74, 6) is 0. The molecule has 0 atom stereocenters. The molecule has 0 spiro atoms. The summed E-state index contributed by atoms with van der Waals surface area (Å²) < 4.78 is 0. The summed E-state index contributed by atoms with van der Waals surface area (Å²) in [4.78, 5) is 18.3. The van der Waals surface area contributed by atoms with E-state index in [1.165, 1.54) is 5.56 Å². The zero-order chi connectivity index (χ0) is 10.1. The third-order valence-electron chi connectivity index (χ3n) is 2.34. The van der Waals surface area contributed by atoms with Crippen LogP contribution in [0.1, 0.15) is 18.2 Å². The van der Waals surface area contributed by atoms with Gasteiger partial charge in [0.1, 0.15) is 5.69 Å². The van der Waals surface area contributed by atoms with Crippen LogP contribution in [0.5, 0.6) is 0 Å². The third kappa shape index (κ3) is 1.41. The predicted octanol–water partition coefficient (Wildman–Crippen LogP) is 1.79. The number of aromatic amines is 1. The van der Waals surface area contributed by atoms with E-state index in [0.717, 1.165) is 17.5 Å². The highest BCUT2D eigenvalue weighted by Crippen LogP contribution is 2.10. The molecule has 0 bridgehead atoms. The first kappa shape index (κ1) is 8.94. The van der Waals surface area contributed by atoms with Crippen LogP contribution >= 0.6 is 0 Å². The maximum absolute atomic E-state index is 11.3. The lowest BCUT2D eigenvalue weighted by Gasteiger charge is -2.00. The van der Waals surface area contributed by atoms with Crippen LogP contribution < -0.4 is 5.56 Å². The summed E-state index contributed by atoms with van der Waals surface area (Å²) in [7, 11) is 0. The number of nitrogens with zero attached hydrogens (tertiary/aromatic N) is 1. The first-order valence-electron chi connectivity index (χ1n) is 4.70. The molecule has 3 heteroatoms. The molecule has 0 aliphatic rings. The number of rotatable bonds is 1. The van der Waals surface area contributed by atoms with E-state index in [1.807, 2.05) is 18.2 Å². The molecule has 0 unspecified atom stereocenters. The van der Waals surface area contributed by atoms with Gasteiger partial charge in [0.05, 0.1) is 11.0 Å². The van der Waals surface area contributed by atoms with Crippen molar-refractivity contribution in [2.45, 2.75) is 20.3 Å². The highest BCUT2D eigenvalue weighted by Gasteiger charge is 2.00. The first-order chi connectivity index (χ1) is 6.70. The Morgan fingerprint density at radius 3 is 2.93 bits per heavy atom. The Morgan fingerprint density at radius 1 is 1.43 bits per heavy atom. The van der Waals surface area contributed by atoms with E-state index in [1.54, 1.807) is 6.92 Å². The minimum absolute atomic E-state index is 0.109. The van der Waals surface area contributed by atoms with Gasteiger partial charge in [-0.3, -0.25) is 4.79 Å². The number of fused-ring (bicyclic) bond motifs is 1. The lowest BCUT2D eigenvalue weighted by Crippen LogP contribution is -2.11. The van der Waals surface area contributed by atoms with Crippen molar-refractivity contribution in [2.75, 3.05) is 0 Å². The molecule has 1 aromatic heterocycles. The monoisotopic (exact) mass is 188 g/mol. The number of hydrogen-bond acceptors (Lipinski definition) is 2. The molecule has 0 radical (unpaired) electrons. The minimum Gasteiger partial charge on any atom is -0.319 e. The van der Waals surface area contributed by atoms with E-state index in [9.17, 15) is 4.79 Å². The Labute approximate surface area is 81.8 Å². The molecule has 0 saturated heterocycles. The molecule has 0 fully saturated rings. The topological polar surface area (TPSA) is 45.8 Å². The second-order valence-electron chi connectivity index (χ2n) is 3.36. The molecule has 1 heterocycles. The fourth-order valence-electron chi connectivity index (χ4n) is 1.44. The molecule has 0 saturated carbocycles. The van der Waals surface area contributed by atoms with Gasteiger partial charge < -0.3 is 4.98 Å². The zero-order valence-electron chi connectivity index (χ0n) is 8.29. The van der Waals surface area contributed by atoms with Gasteiger partial charge in [0.15, 0.2) is 0 Å². The van der Waals surface area contributed by atoms with E-state index in [-0.39, 0.29) is 5.56 Å². The van der Waals surface area contributed by atoms with Gasteiger partial charge in [0.2, 0.25) is 0 Å². The van der Waals surface area contributed by atoms with E-state index in [2.05, 4.69) is 16.9 Å². The lowest BCUT2D eigenvalue weighted by molar-refractivity contribution is 1.10. The van der Waals surface area contributed by atoms with Gasteiger partial charge in [-0.15, -0.1) is 0 Å². The molecule has 0 amide bonds. The lowest BCUT2D eigenvalue weighted by atomic mass is 10.1. The van der Waals surface area contributed by atoms with E-state index in [4.69, 9.17) is 0 Å². The maximum atomic E-state index is 11.3. The number of hydrogen-bond donors (Lipinski definition) is 1. The Hall–Kier alpha value is -1.64. The molecule has 0 aliphatic heterocycles. The summed E-state index contributed by atoms with van der Waals surface area (Å²) in [5.41, 5.74) is 3.31. The average Bonchev–Trinajstić information content (AvgIpc) is 2.19. The molecular formula is C11H12N2O. The van der Waals surface area contributed by atoms with Crippen molar-refractivity contribution < 1.29 is 0 Å². The van der Waals surface area contributed by atoms with E-state index >= 15 is 0 Å². The molecule has 14 heavy (non-hydrogen) atoms. The summed E-state index contributed by atoms with van der Waals surface area (Å²) in [6.07, 6.45) is 0.982. The normalized spacial score (nSPS) is 10.7. The fourth-order valence-corrected chi connectivity index (χ4v) is 1.44. The summed E-state index contributed by atoms with van der Waals surface area (Å²) in [5, 5.41) is 0. The highest BCUT2D eigenvalue weighted by atomic mass is 16.1. The van der Waals surface area contributed by atoms with Gasteiger partial charge in [0.25, 0.3) is 5.56 Å². The smallest absolute Gasteiger partial charge is 0.269 e. The second kappa shape index (κ2) is 3.25. The fraction of sp³-hybridized carbons (Fsp3) is 0.273. The van der Waals surface area contributed by atoms with Crippen molar-refractivity contribution in [3.8, 4) is 0 Å². The number of H-pyrrole nitrogens is 1. The second-order valence-corrected chi connectivity index (χ2v) is 3.36. The molecule has 2 rings (SSSR count). The van der Waals surface area contributed by atoms with Crippen LogP contribution in [0.3, 0.4) is 0 Å². The molecule has 72 valence electrons. The average molecular weight is 188 g/mol. The van der Waals surface area contributed by atoms with Crippen molar-refractivity contribution in [2.24, 2.45) is 0 Å². The van der Waals surface area contributed by atoms with Gasteiger partial charge in [-0.1, -0.05) is 13.0 Å². The summed E-state index contributed by atoms with van der Waals surface area (Å²) in [6, 6.07) is 5.93. The van der Waals surface area contributed by atoms with Crippen molar-refractivity contribution >= 4 is 11.0 Å². The largest absolute Gasteiger partial charge is 0.319 e. The number of aryl methyl sites for hydroxylation is 2. The van der Waals surface area contributed by atoms with Gasteiger partial charge in [0, 0.05) is 0 Å². The maximum Gasteiger partial charge on any atom is 0.269 e. The Balaban J connectivity index is 2.77. The highest BCUT2D eigenvalue weighted by molar-refractivity contribution is 5.74. The number of nitrogens with one attached hydrogen (secondary N) is 1. The van der Waals surface area contributed by atoms with Gasteiger partial charge in [-0.05, 0) is 31.0 Å². The summed E-state index contributed by atoms with van der Waals surface area (Å²) in [6.45, 7) is 3.82. The van der Waals surface area contributed by atoms with Crippen LogP contribution in [0, 0.1) is 6.92 Å². The zero-order valence-corrected chi connectivity index (χ0v) is 8.29. The Morgan fingerprint density at radius 2 is 2.21 bits per heavy atom. The van der Waals surface area contributed by atoms with Gasteiger partial charge >= 0.3 is 0 Å². The molecular weight excluding hydrogens is 176 g/mol. The minimum atomic E-state index is -0.109. The third-order valence-corrected chi connectivity index (χ3v) is 2.34. The van der Waals surface area contributed by atoms with Gasteiger partial charge in [-0.2, -0.15) is 0 Å². The SMILES string of the molecule is CCc1ccc2[nH]c(=O)c(C)nc2c1. The van der Waals surface area contributed by atoms with Crippen LogP contribution in [0.25, 0.3) is 11.0 Å². The van der Waals surface area contributed by atoms with Crippen molar-refractivity contribution in [3.63, 3.8) is 0 Å². The van der Waals surface area contributed by atoms with Crippen LogP contribution in [0.2, 0.25) is 0 Å². The van der Waals surface area contributed by atoms with E-state index in [0.29, 0.717) is 5.69 Å². The number of benzene rings is 1. The quantitative estimate of drug-likeness (QED) is 0.741. The van der Waals surface area contributed by atoms with E-state index < -0.39 is 0 Å². The molecule has 2 aromatic rings. The van der Waals surface area contributed by atoms with Crippen LogP contribution in [0.4, 0.5) is 0 Å². The van der Waals surface area contributed by atoms with Crippen LogP contribution in [-0.2, 0) is 6.42 Å². The first-order valence-corrected chi connectivity index (χ1v) is 4.70. The molecule has 3 nitrogen and oxygen atoms in total. The van der Waals surface area contributed by atoms with Crippen molar-refractivity contribution in [1.29, 1.82) is 0 Å².